The Bertz CT molecular complexity index is 909. The summed E-state index contributed by atoms with van der Waals surface area (Å²) in [6, 6.07) is 2.19. The molecule has 0 fully saturated rings. The highest BCUT2D eigenvalue weighted by atomic mass is 16.4. The molecule has 0 saturated carbocycles. The second-order valence-corrected chi connectivity index (χ2v) is 7.27. The van der Waals surface area contributed by atoms with Crippen molar-refractivity contribution < 1.29 is 44.1 Å². The van der Waals surface area contributed by atoms with Crippen LogP contribution in [0.4, 0.5) is 0 Å². The maximum Gasteiger partial charge on any atom is 0.326 e. The van der Waals surface area contributed by atoms with Gasteiger partial charge in [-0.3, -0.25) is 24.0 Å². The van der Waals surface area contributed by atoms with Crippen LogP contribution in [0.1, 0.15) is 18.4 Å². The smallest absolute Gasteiger partial charge is 0.326 e. The van der Waals surface area contributed by atoms with Crippen LogP contribution in [-0.4, -0.2) is 81.7 Å². The summed E-state index contributed by atoms with van der Waals surface area (Å²) in [5.41, 5.74) is 11.0. The van der Waals surface area contributed by atoms with Crippen LogP contribution in [0.2, 0.25) is 0 Å². The maximum absolute atomic E-state index is 12.7. The standard InChI is InChI=1S/C20H27N5O9/c21-11(7-15(22)27)17(30)25-14(9-26)19(32)23-12(6-10-4-2-1-3-5-10)18(31)24-13(20(33)34)8-16(28)29/h1-5,11-14,26H,6-9,21H2,(H2,22,27)(H,23,32)(H,24,31)(H,25,30)(H,28,29)(H,33,34). The Morgan fingerprint density at radius 3 is 1.82 bits per heavy atom. The van der Waals surface area contributed by atoms with E-state index in [1.54, 1.807) is 30.3 Å². The van der Waals surface area contributed by atoms with Gasteiger partial charge in [0, 0.05) is 6.42 Å². The van der Waals surface area contributed by atoms with Crippen LogP contribution in [0.3, 0.4) is 0 Å². The lowest BCUT2D eigenvalue weighted by atomic mass is 10.0. The summed E-state index contributed by atoms with van der Waals surface area (Å²) in [4.78, 5) is 70.5. The second kappa shape index (κ2) is 13.5. The van der Waals surface area contributed by atoms with Gasteiger partial charge in [-0.1, -0.05) is 30.3 Å². The monoisotopic (exact) mass is 481 g/mol. The minimum Gasteiger partial charge on any atom is -0.481 e. The summed E-state index contributed by atoms with van der Waals surface area (Å²) in [5.74, 6) is -6.88. The van der Waals surface area contributed by atoms with Crippen molar-refractivity contribution in [2.24, 2.45) is 11.5 Å². The number of amides is 4. The Balaban J connectivity index is 3.02. The van der Waals surface area contributed by atoms with Crippen LogP contribution in [0.15, 0.2) is 30.3 Å². The molecular formula is C20H27N5O9. The van der Waals surface area contributed by atoms with E-state index >= 15 is 0 Å². The van der Waals surface area contributed by atoms with Gasteiger partial charge in [0.2, 0.25) is 23.6 Å². The third-order valence-electron chi connectivity index (χ3n) is 4.48. The Labute approximate surface area is 193 Å². The number of hydrogen-bond donors (Lipinski definition) is 8. The van der Waals surface area contributed by atoms with Crippen LogP contribution >= 0.6 is 0 Å². The lowest BCUT2D eigenvalue weighted by Crippen LogP contribution is -2.58. The van der Waals surface area contributed by atoms with E-state index in [9.17, 15) is 39.0 Å². The molecule has 0 aliphatic heterocycles. The zero-order valence-electron chi connectivity index (χ0n) is 18.0. The molecule has 34 heavy (non-hydrogen) atoms. The summed E-state index contributed by atoms with van der Waals surface area (Å²) in [7, 11) is 0. The SMILES string of the molecule is NC(=O)CC(N)C(=O)NC(CO)C(=O)NC(Cc1ccccc1)C(=O)NC(CC(=O)O)C(=O)O. The highest BCUT2D eigenvalue weighted by molar-refractivity contribution is 5.95. The molecule has 0 saturated heterocycles. The molecule has 14 nitrogen and oxygen atoms in total. The number of aliphatic carboxylic acids is 2. The highest BCUT2D eigenvalue weighted by Gasteiger charge is 2.31. The molecule has 0 aromatic heterocycles. The van der Waals surface area contributed by atoms with Crippen LogP contribution in [0.5, 0.6) is 0 Å². The Hall–Kier alpha value is -4.04. The quantitative estimate of drug-likeness (QED) is 0.130. The predicted octanol–water partition coefficient (Wildman–Crippen LogP) is -3.56. The minimum absolute atomic E-state index is 0.120. The maximum atomic E-state index is 12.7. The number of rotatable bonds is 14. The number of carboxylic acids is 2. The van der Waals surface area contributed by atoms with E-state index in [1.807, 2.05) is 0 Å². The van der Waals surface area contributed by atoms with Gasteiger partial charge in [0.25, 0.3) is 0 Å². The first-order valence-corrected chi connectivity index (χ1v) is 9.99. The molecule has 4 atom stereocenters. The summed E-state index contributed by atoms with van der Waals surface area (Å²) in [5, 5.41) is 34.0. The van der Waals surface area contributed by atoms with Crippen molar-refractivity contribution >= 4 is 35.6 Å². The number of nitrogens with two attached hydrogens (primary N) is 2. The van der Waals surface area contributed by atoms with E-state index in [2.05, 4.69) is 16.0 Å². The molecule has 1 aromatic rings. The molecule has 1 rings (SSSR count). The van der Waals surface area contributed by atoms with Gasteiger partial charge in [-0.15, -0.1) is 0 Å². The number of aliphatic hydroxyl groups excluding tert-OH is 1. The third kappa shape index (κ3) is 9.62. The number of hydrogen-bond acceptors (Lipinski definition) is 8. The molecule has 0 aliphatic rings. The van der Waals surface area contributed by atoms with Crippen LogP contribution in [-0.2, 0) is 35.2 Å². The molecule has 0 bridgehead atoms. The molecule has 0 heterocycles. The number of aliphatic hydroxyl groups is 1. The minimum atomic E-state index is -1.76. The van der Waals surface area contributed by atoms with E-state index in [-0.39, 0.29) is 6.42 Å². The molecule has 0 radical (unpaired) electrons. The number of primary amides is 1. The second-order valence-electron chi connectivity index (χ2n) is 7.27. The van der Waals surface area contributed by atoms with Crippen LogP contribution in [0, 0.1) is 0 Å². The van der Waals surface area contributed by atoms with Gasteiger partial charge in [0.1, 0.15) is 18.1 Å². The first kappa shape index (κ1) is 28.0. The Morgan fingerprint density at radius 2 is 1.32 bits per heavy atom. The van der Waals surface area contributed by atoms with E-state index in [0.717, 1.165) is 0 Å². The molecule has 0 spiro atoms. The van der Waals surface area contributed by atoms with Gasteiger partial charge in [0.15, 0.2) is 0 Å². The molecule has 4 unspecified atom stereocenters. The number of nitrogens with one attached hydrogen (secondary N) is 3. The predicted molar refractivity (Wildman–Crippen MR) is 115 cm³/mol. The first-order chi connectivity index (χ1) is 15.9. The summed E-state index contributed by atoms with van der Waals surface area (Å²) in [6.45, 7) is -0.892. The molecule has 186 valence electrons. The average molecular weight is 481 g/mol. The normalized spacial score (nSPS) is 14.1. The van der Waals surface area contributed by atoms with E-state index < -0.39 is 79.2 Å². The molecule has 10 N–H and O–H groups in total. The lowest BCUT2D eigenvalue weighted by molar-refractivity contribution is -0.147. The third-order valence-corrected chi connectivity index (χ3v) is 4.48. The molecular weight excluding hydrogens is 454 g/mol. The molecule has 1 aromatic carbocycles. The van der Waals surface area contributed by atoms with E-state index in [4.69, 9.17) is 16.6 Å². The number of carboxylic acid groups (broad SMARTS) is 2. The topological polar surface area (TPSA) is 251 Å². The van der Waals surface area contributed by atoms with Crippen LogP contribution < -0.4 is 27.4 Å². The molecule has 0 aliphatic carbocycles. The van der Waals surface area contributed by atoms with Gasteiger partial charge in [0.05, 0.1) is 25.5 Å². The number of carbonyl (C=O) groups excluding carboxylic acids is 4. The van der Waals surface area contributed by atoms with E-state index in [1.165, 1.54) is 0 Å². The zero-order valence-corrected chi connectivity index (χ0v) is 18.0. The van der Waals surface area contributed by atoms with E-state index in [0.29, 0.717) is 5.56 Å². The van der Waals surface area contributed by atoms with Gasteiger partial charge in [-0.2, -0.15) is 0 Å². The van der Waals surface area contributed by atoms with Gasteiger partial charge in [-0.25, -0.2) is 4.79 Å². The summed E-state index contributed by atoms with van der Waals surface area (Å²) >= 11 is 0. The van der Waals surface area contributed by atoms with Crippen molar-refractivity contribution in [2.45, 2.75) is 43.4 Å². The van der Waals surface area contributed by atoms with Gasteiger partial charge in [-0.05, 0) is 5.56 Å². The van der Waals surface area contributed by atoms with Crippen molar-refractivity contribution in [3.05, 3.63) is 35.9 Å². The van der Waals surface area contributed by atoms with Crippen molar-refractivity contribution in [2.75, 3.05) is 6.61 Å². The first-order valence-electron chi connectivity index (χ1n) is 9.99. The summed E-state index contributed by atoms with van der Waals surface area (Å²) in [6.07, 6.45) is -1.53. The number of carbonyl (C=O) groups is 6. The van der Waals surface area contributed by atoms with Crippen LogP contribution in [0.25, 0.3) is 0 Å². The van der Waals surface area contributed by atoms with Gasteiger partial charge < -0.3 is 42.7 Å². The fourth-order valence-corrected chi connectivity index (χ4v) is 2.76. The fraction of sp³-hybridized carbons (Fsp3) is 0.400. The lowest BCUT2D eigenvalue weighted by Gasteiger charge is -2.24. The Kier molecular flexibility index (Phi) is 11.1. The number of benzene rings is 1. The Morgan fingerprint density at radius 1 is 0.794 bits per heavy atom. The van der Waals surface area contributed by atoms with Crippen molar-refractivity contribution in [1.29, 1.82) is 0 Å². The van der Waals surface area contributed by atoms with Crippen molar-refractivity contribution in [1.82, 2.24) is 16.0 Å². The highest BCUT2D eigenvalue weighted by Crippen LogP contribution is 2.05. The molecule has 14 heteroatoms. The largest absolute Gasteiger partial charge is 0.481 e. The van der Waals surface area contributed by atoms with Crippen molar-refractivity contribution in [3.8, 4) is 0 Å². The fourth-order valence-electron chi connectivity index (χ4n) is 2.76. The van der Waals surface area contributed by atoms with Gasteiger partial charge >= 0.3 is 11.9 Å². The zero-order chi connectivity index (χ0) is 25.8. The average Bonchev–Trinajstić information content (AvgIpc) is 2.75. The molecule has 4 amide bonds. The summed E-state index contributed by atoms with van der Waals surface area (Å²) < 4.78 is 0. The van der Waals surface area contributed by atoms with Crippen molar-refractivity contribution in [3.63, 3.8) is 0 Å².